The van der Waals surface area contributed by atoms with E-state index in [1.54, 1.807) is 0 Å². The lowest BCUT2D eigenvalue weighted by atomic mass is 10.0. The summed E-state index contributed by atoms with van der Waals surface area (Å²) in [7, 11) is 0. The highest BCUT2D eigenvalue weighted by molar-refractivity contribution is 7.37. The third-order valence-corrected chi connectivity index (χ3v) is 10.6. The van der Waals surface area contributed by atoms with Crippen molar-refractivity contribution >= 4 is 63.3 Å². The van der Waals surface area contributed by atoms with E-state index in [9.17, 15) is 0 Å². The van der Waals surface area contributed by atoms with Gasteiger partial charge in [0.1, 0.15) is 5.82 Å². The Morgan fingerprint density at radius 3 is 1.98 bits per heavy atom. The maximum absolute atomic E-state index is 5.25. The van der Waals surface area contributed by atoms with E-state index < -0.39 is 0 Å². The molecule has 0 aliphatic heterocycles. The molecule has 0 saturated carbocycles. The van der Waals surface area contributed by atoms with Crippen LogP contribution in [-0.4, -0.2) is 14.5 Å². The Balaban J connectivity index is 1.35. The first-order valence-electron chi connectivity index (χ1n) is 14.3. The number of para-hydroxylation sites is 1. The van der Waals surface area contributed by atoms with Crippen molar-refractivity contribution in [3.05, 3.63) is 140 Å². The highest BCUT2D eigenvalue weighted by Gasteiger charge is 2.22. The molecule has 0 amide bonds. The lowest BCUT2D eigenvalue weighted by Gasteiger charge is -2.12. The van der Waals surface area contributed by atoms with Gasteiger partial charge in [-0.25, -0.2) is 9.97 Å². The van der Waals surface area contributed by atoms with Crippen molar-refractivity contribution in [2.45, 2.75) is 0 Å². The molecule has 0 fully saturated rings. The summed E-state index contributed by atoms with van der Waals surface area (Å²) in [5, 5.41) is 2.58. The molecule has 0 bridgehead atoms. The zero-order chi connectivity index (χ0) is 28.3. The summed E-state index contributed by atoms with van der Waals surface area (Å²) in [5.74, 6) is 1.59. The third kappa shape index (κ3) is 3.93. The number of thiophene rings is 2. The van der Waals surface area contributed by atoms with E-state index in [0.29, 0.717) is 5.82 Å². The summed E-state index contributed by atoms with van der Waals surface area (Å²) in [5.41, 5.74) is 7.69. The van der Waals surface area contributed by atoms with Crippen LogP contribution in [-0.2, 0) is 0 Å². The van der Waals surface area contributed by atoms with Gasteiger partial charge in [0, 0.05) is 32.7 Å². The maximum atomic E-state index is 5.25. The van der Waals surface area contributed by atoms with Gasteiger partial charge >= 0.3 is 0 Å². The minimum absolute atomic E-state index is 0.715. The number of rotatable bonds is 4. The average molecular weight is 586 g/mol. The Morgan fingerprint density at radius 1 is 0.465 bits per heavy atom. The Bertz CT molecular complexity index is 2450. The Labute approximate surface area is 256 Å². The molecule has 43 heavy (non-hydrogen) atoms. The molecule has 9 aromatic rings. The Hall–Kier alpha value is -5.10. The first-order valence-corrected chi connectivity index (χ1v) is 15.9. The van der Waals surface area contributed by atoms with Gasteiger partial charge < -0.3 is 0 Å². The second-order valence-electron chi connectivity index (χ2n) is 10.6. The van der Waals surface area contributed by atoms with Gasteiger partial charge in [-0.1, -0.05) is 115 Å². The maximum Gasteiger partial charge on any atom is 0.162 e. The van der Waals surface area contributed by atoms with Crippen LogP contribution in [0.1, 0.15) is 0 Å². The van der Waals surface area contributed by atoms with Crippen LogP contribution in [0, 0.1) is 0 Å². The molecule has 5 aromatic carbocycles. The van der Waals surface area contributed by atoms with E-state index in [-0.39, 0.29) is 0 Å². The molecule has 202 valence electrons. The number of benzene rings is 5. The van der Waals surface area contributed by atoms with Crippen LogP contribution in [0.2, 0.25) is 0 Å². The minimum Gasteiger partial charge on any atom is -0.291 e. The lowest BCUT2D eigenvalue weighted by molar-refractivity contribution is 1.05. The number of hydrogen-bond acceptors (Lipinski definition) is 4. The van der Waals surface area contributed by atoms with Gasteiger partial charge in [0.2, 0.25) is 0 Å². The van der Waals surface area contributed by atoms with Crippen LogP contribution in [0.4, 0.5) is 0 Å². The van der Waals surface area contributed by atoms with Gasteiger partial charge in [0.05, 0.1) is 30.8 Å². The molecule has 3 nitrogen and oxygen atoms in total. The first-order chi connectivity index (χ1) is 21.3. The monoisotopic (exact) mass is 585 g/mol. The van der Waals surface area contributed by atoms with Crippen LogP contribution < -0.4 is 0 Å². The summed E-state index contributed by atoms with van der Waals surface area (Å²) in [6.07, 6.45) is 0. The van der Waals surface area contributed by atoms with Crippen molar-refractivity contribution in [1.29, 1.82) is 0 Å². The van der Waals surface area contributed by atoms with Crippen LogP contribution in [0.15, 0.2) is 140 Å². The Kier molecular flexibility index (Phi) is 5.54. The van der Waals surface area contributed by atoms with Crippen molar-refractivity contribution in [2.24, 2.45) is 0 Å². The number of nitrogens with zero attached hydrogens (tertiary/aromatic N) is 3. The number of fused-ring (bicyclic) bond motifs is 7. The zero-order valence-electron chi connectivity index (χ0n) is 22.9. The van der Waals surface area contributed by atoms with Gasteiger partial charge in [-0.3, -0.25) is 4.57 Å². The fourth-order valence-electron chi connectivity index (χ4n) is 6.04. The van der Waals surface area contributed by atoms with Crippen molar-refractivity contribution in [1.82, 2.24) is 14.5 Å². The van der Waals surface area contributed by atoms with Crippen molar-refractivity contribution in [3.63, 3.8) is 0 Å². The van der Waals surface area contributed by atoms with Gasteiger partial charge in [0.25, 0.3) is 0 Å². The smallest absolute Gasteiger partial charge is 0.162 e. The summed E-state index contributed by atoms with van der Waals surface area (Å²) in [6, 6.07) is 49.0. The van der Waals surface area contributed by atoms with Crippen molar-refractivity contribution in [3.8, 4) is 39.6 Å². The molecule has 0 aliphatic rings. The normalized spacial score (nSPS) is 11.7. The summed E-state index contributed by atoms with van der Waals surface area (Å²) in [4.78, 5) is 10.4. The van der Waals surface area contributed by atoms with Crippen LogP contribution in [0.3, 0.4) is 0 Å². The molecule has 0 saturated heterocycles. The standard InChI is InChI=1S/C38H23N3S2/c1-3-12-24(13-4-1)26-16-11-17-27(22-26)30-23-33(40-38(39-30)25-14-5-2-6-15-25)41-31-20-9-7-18-28(31)35-34(41)37-36(43-35)29-19-8-10-21-32(29)42-37/h1-23H. The molecule has 4 aromatic heterocycles. The molecule has 5 heteroatoms. The number of hydrogen-bond donors (Lipinski definition) is 0. The molecular weight excluding hydrogens is 563 g/mol. The van der Waals surface area contributed by atoms with Gasteiger partial charge in [-0.15, -0.1) is 22.7 Å². The predicted molar refractivity (Wildman–Crippen MR) is 183 cm³/mol. The molecule has 9 rings (SSSR count). The van der Waals surface area contributed by atoms with Gasteiger partial charge in [0.15, 0.2) is 5.82 Å². The summed E-state index contributed by atoms with van der Waals surface area (Å²) in [6.45, 7) is 0. The van der Waals surface area contributed by atoms with Crippen molar-refractivity contribution in [2.75, 3.05) is 0 Å². The van der Waals surface area contributed by atoms with E-state index in [1.807, 2.05) is 40.9 Å². The minimum atomic E-state index is 0.715. The van der Waals surface area contributed by atoms with Gasteiger partial charge in [-0.05, 0) is 29.3 Å². The third-order valence-electron chi connectivity index (χ3n) is 8.04. The molecule has 0 radical (unpaired) electrons. The molecule has 4 heterocycles. The zero-order valence-corrected chi connectivity index (χ0v) is 24.6. The molecule has 0 N–H and O–H groups in total. The average Bonchev–Trinajstić information content (AvgIpc) is 3.73. The van der Waals surface area contributed by atoms with Crippen LogP contribution in [0.25, 0.3) is 80.2 Å². The topological polar surface area (TPSA) is 30.7 Å². The molecule has 0 aliphatic carbocycles. The largest absolute Gasteiger partial charge is 0.291 e. The van der Waals surface area contributed by atoms with E-state index in [2.05, 4.69) is 126 Å². The quantitative estimate of drug-likeness (QED) is 0.206. The SMILES string of the molecule is c1ccc(-c2cccc(-c3cc(-n4c5ccccc5c5sc6c7ccccc7sc6c54)nc(-c4ccccc4)n3)c2)cc1. The lowest BCUT2D eigenvalue weighted by Crippen LogP contribution is -2.02. The second-order valence-corrected chi connectivity index (χ2v) is 12.7. The van der Waals surface area contributed by atoms with Crippen molar-refractivity contribution < 1.29 is 0 Å². The van der Waals surface area contributed by atoms with E-state index in [1.165, 1.54) is 40.7 Å². The first kappa shape index (κ1) is 24.5. The van der Waals surface area contributed by atoms with E-state index >= 15 is 0 Å². The highest BCUT2D eigenvalue weighted by Crippen LogP contribution is 2.48. The number of aromatic nitrogens is 3. The fraction of sp³-hybridized carbons (Fsp3) is 0. The molecule has 0 spiro atoms. The predicted octanol–water partition coefficient (Wildman–Crippen LogP) is 11.0. The summed E-state index contributed by atoms with van der Waals surface area (Å²) >= 11 is 3.76. The van der Waals surface area contributed by atoms with Gasteiger partial charge in [-0.2, -0.15) is 0 Å². The summed E-state index contributed by atoms with van der Waals surface area (Å²) < 4.78 is 7.63. The van der Waals surface area contributed by atoms with E-state index in [4.69, 9.17) is 9.97 Å². The van der Waals surface area contributed by atoms with Crippen LogP contribution in [0.5, 0.6) is 0 Å². The highest BCUT2D eigenvalue weighted by atomic mass is 32.1. The fourth-order valence-corrected chi connectivity index (χ4v) is 8.81. The molecular formula is C38H23N3S2. The Morgan fingerprint density at radius 2 is 1.14 bits per heavy atom. The molecule has 0 atom stereocenters. The van der Waals surface area contributed by atoms with Crippen LogP contribution >= 0.6 is 22.7 Å². The second kappa shape index (κ2) is 9.73. The molecule has 0 unspecified atom stereocenters. The van der Waals surface area contributed by atoms with E-state index in [0.717, 1.165) is 33.7 Å².